The second-order valence-electron chi connectivity index (χ2n) is 4.18. The van der Waals surface area contributed by atoms with Gasteiger partial charge >= 0.3 is 0 Å². The van der Waals surface area contributed by atoms with Crippen LogP contribution < -0.4 is 10.0 Å². The van der Waals surface area contributed by atoms with Crippen LogP contribution in [0, 0.1) is 0 Å². The highest BCUT2D eigenvalue weighted by Crippen LogP contribution is 2.10. The fourth-order valence-corrected chi connectivity index (χ4v) is 2.28. The molecule has 0 aliphatic heterocycles. The Labute approximate surface area is 117 Å². The smallest absolute Gasteiger partial charge is 0.254 e. The minimum atomic E-state index is -3.16. The van der Waals surface area contributed by atoms with Crippen LogP contribution in [0.2, 0.25) is 0 Å². The van der Waals surface area contributed by atoms with Crippen molar-refractivity contribution in [3.63, 3.8) is 0 Å². The third kappa shape index (κ3) is 3.42. The molecular weight excluding hydrogens is 280 g/mol. The van der Waals surface area contributed by atoms with Gasteiger partial charge in [-0.3, -0.25) is 0 Å². The Morgan fingerprint density at radius 1 is 1.30 bits per heavy atom. The Balaban J connectivity index is 2.04. The van der Waals surface area contributed by atoms with Gasteiger partial charge in [0, 0.05) is 24.8 Å². The number of rotatable bonds is 7. The third-order valence-corrected chi connectivity index (χ3v) is 4.20. The van der Waals surface area contributed by atoms with Crippen molar-refractivity contribution in [1.29, 1.82) is 0 Å². The summed E-state index contributed by atoms with van der Waals surface area (Å²) in [4.78, 5) is 8.39. The average Bonchev–Trinajstić information content (AvgIpc) is 2.91. The standard InChI is InChI=1S/C11H18N6O2S/c1-3-9-7-10(17-11(16-9)13-8-14-17)12-5-6-15-20(18,19)4-2/h7-8,12,15H,3-6H2,1-2H3. The summed E-state index contributed by atoms with van der Waals surface area (Å²) in [6.45, 7) is 4.39. The Hall–Kier alpha value is -1.74. The zero-order chi connectivity index (χ0) is 14.6. The molecule has 0 saturated carbocycles. The molecule has 2 aromatic rings. The number of nitrogens with zero attached hydrogens (tertiary/aromatic N) is 4. The van der Waals surface area contributed by atoms with E-state index >= 15 is 0 Å². The highest BCUT2D eigenvalue weighted by atomic mass is 32.2. The molecule has 8 nitrogen and oxygen atoms in total. The van der Waals surface area contributed by atoms with E-state index < -0.39 is 10.0 Å². The van der Waals surface area contributed by atoms with Crippen molar-refractivity contribution in [2.45, 2.75) is 20.3 Å². The number of aromatic nitrogens is 4. The van der Waals surface area contributed by atoms with E-state index in [0.29, 0.717) is 18.9 Å². The summed E-state index contributed by atoms with van der Waals surface area (Å²) in [5.41, 5.74) is 0.905. The van der Waals surface area contributed by atoms with Gasteiger partial charge in [0.15, 0.2) is 0 Å². The number of hydrogen-bond acceptors (Lipinski definition) is 6. The van der Waals surface area contributed by atoms with E-state index in [4.69, 9.17) is 0 Å². The zero-order valence-electron chi connectivity index (χ0n) is 11.5. The maximum absolute atomic E-state index is 11.3. The summed E-state index contributed by atoms with van der Waals surface area (Å²) in [6, 6.07) is 1.88. The van der Waals surface area contributed by atoms with Crippen LogP contribution >= 0.6 is 0 Å². The van der Waals surface area contributed by atoms with Crippen LogP contribution in [0.15, 0.2) is 12.4 Å². The van der Waals surface area contributed by atoms with Gasteiger partial charge in [0.05, 0.1) is 5.75 Å². The normalized spacial score (nSPS) is 11.9. The van der Waals surface area contributed by atoms with Crippen LogP contribution in [0.1, 0.15) is 19.5 Å². The number of nitrogens with one attached hydrogen (secondary N) is 2. The quantitative estimate of drug-likeness (QED) is 0.700. The minimum absolute atomic E-state index is 0.0789. The summed E-state index contributed by atoms with van der Waals surface area (Å²) in [7, 11) is -3.16. The van der Waals surface area contributed by atoms with E-state index in [1.807, 2.05) is 13.0 Å². The van der Waals surface area contributed by atoms with Crippen LogP contribution in [0.3, 0.4) is 0 Å². The second-order valence-corrected chi connectivity index (χ2v) is 6.28. The predicted molar refractivity (Wildman–Crippen MR) is 76.1 cm³/mol. The average molecular weight is 298 g/mol. The van der Waals surface area contributed by atoms with Crippen molar-refractivity contribution >= 4 is 21.6 Å². The second kappa shape index (κ2) is 6.14. The summed E-state index contributed by atoms with van der Waals surface area (Å²) < 4.78 is 26.7. The number of fused-ring (bicyclic) bond motifs is 1. The highest BCUT2D eigenvalue weighted by molar-refractivity contribution is 7.89. The van der Waals surface area contributed by atoms with E-state index in [2.05, 4.69) is 25.1 Å². The van der Waals surface area contributed by atoms with Gasteiger partial charge in [-0.25, -0.2) is 18.1 Å². The lowest BCUT2D eigenvalue weighted by atomic mass is 10.3. The van der Waals surface area contributed by atoms with Crippen molar-refractivity contribution in [3.05, 3.63) is 18.1 Å². The van der Waals surface area contributed by atoms with Gasteiger partial charge in [0.2, 0.25) is 10.0 Å². The van der Waals surface area contributed by atoms with Crippen LogP contribution in [-0.4, -0.2) is 46.8 Å². The molecule has 0 atom stereocenters. The molecule has 110 valence electrons. The Morgan fingerprint density at radius 3 is 2.80 bits per heavy atom. The van der Waals surface area contributed by atoms with Gasteiger partial charge < -0.3 is 5.32 Å². The summed E-state index contributed by atoms with van der Waals surface area (Å²) >= 11 is 0. The summed E-state index contributed by atoms with van der Waals surface area (Å²) in [6.07, 6.45) is 2.23. The molecule has 2 rings (SSSR count). The lowest BCUT2D eigenvalue weighted by Crippen LogP contribution is -2.30. The molecule has 0 amide bonds. The molecule has 9 heteroatoms. The fraction of sp³-hybridized carbons (Fsp3) is 0.545. The molecule has 2 heterocycles. The van der Waals surface area contributed by atoms with Gasteiger partial charge in [-0.15, -0.1) is 0 Å². The Morgan fingerprint density at radius 2 is 2.10 bits per heavy atom. The first kappa shape index (κ1) is 14.7. The van der Waals surface area contributed by atoms with Crippen molar-refractivity contribution in [2.24, 2.45) is 0 Å². The number of anilines is 1. The Bertz CT molecular complexity index is 681. The summed E-state index contributed by atoms with van der Waals surface area (Å²) in [5.74, 6) is 1.36. The van der Waals surface area contributed by atoms with E-state index in [1.165, 1.54) is 6.33 Å². The zero-order valence-corrected chi connectivity index (χ0v) is 12.3. The minimum Gasteiger partial charge on any atom is -0.369 e. The van der Waals surface area contributed by atoms with Gasteiger partial charge in [0.25, 0.3) is 5.78 Å². The molecule has 0 bridgehead atoms. The van der Waals surface area contributed by atoms with E-state index in [9.17, 15) is 8.42 Å². The molecule has 0 radical (unpaired) electrons. The molecule has 0 aromatic carbocycles. The van der Waals surface area contributed by atoms with Gasteiger partial charge in [-0.1, -0.05) is 6.92 Å². The van der Waals surface area contributed by atoms with E-state index in [-0.39, 0.29) is 5.75 Å². The maximum atomic E-state index is 11.3. The van der Waals surface area contributed by atoms with Crippen molar-refractivity contribution in [1.82, 2.24) is 24.3 Å². The molecule has 20 heavy (non-hydrogen) atoms. The monoisotopic (exact) mass is 298 g/mol. The third-order valence-electron chi connectivity index (χ3n) is 2.80. The topological polar surface area (TPSA) is 101 Å². The summed E-state index contributed by atoms with van der Waals surface area (Å²) in [5, 5.41) is 7.22. The van der Waals surface area contributed by atoms with Crippen LogP contribution in [-0.2, 0) is 16.4 Å². The van der Waals surface area contributed by atoms with Gasteiger partial charge in [-0.05, 0) is 13.3 Å². The molecular formula is C11H18N6O2S. The molecule has 2 N–H and O–H groups in total. The predicted octanol–water partition coefficient (Wildman–Crippen LogP) is 0.0379. The molecule has 0 aliphatic rings. The van der Waals surface area contributed by atoms with E-state index in [1.54, 1.807) is 11.4 Å². The lowest BCUT2D eigenvalue weighted by Gasteiger charge is -2.09. The van der Waals surface area contributed by atoms with Gasteiger partial charge in [0.1, 0.15) is 12.1 Å². The first-order valence-electron chi connectivity index (χ1n) is 6.46. The van der Waals surface area contributed by atoms with Gasteiger partial charge in [-0.2, -0.15) is 14.6 Å². The molecule has 0 saturated heterocycles. The molecule has 2 aromatic heterocycles. The molecule has 0 unspecified atom stereocenters. The van der Waals surface area contributed by atoms with Crippen molar-refractivity contribution < 1.29 is 8.42 Å². The lowest BCUT2D eigenvalue weighted by molar-refractivity contribution is 0.584. The number of sulfonamides is 1. The Kier molecular flexibility index (Phi) is 4.50. The van der Waals surface area contributed by atoms with Crippen molar-refractivity contribution in [3.8, 4) is 0 Å². The highest BCUT2D eigenvalue weighted by Gasteiger charge is 2.07. The molecule has 0 aliphatic carbocycles. The first-order chi connectivity index (χ1) is 9.55. The molecule has 0 fully saturated rings. The van der Waals surface area contributed by atoms with Crippen LogP contribution in [0.5, 0.6) is 0 Å². The number of hydrogen-bond donors (Lipinski definition) is 2. The first-order valence-corrected chi connectivity index (χ1v) is 8.12. The fourth-order valence-electron chi connectivity index (χ4n) is 1.67. The van der Waals surface area contributed by atoms with Crippen LogP contribution in [0.25, 0.3) is 5.78 Å². The number of aryl methyl sites for hydroxylation is 1. The SMILES string of the molecule is CCc1cc(NCCNS(=O)(=O)CC)n2ncnc2n1. The van der Waals surface area contributed by atoms with Crippen LogP contribution in [0.4, 0.5) is 5.82 Å². The molecule has 0 spiro atoms. The van der Waals surface area contributed by atoms with Crippen molar-refractivity contribution in [2.75, 3.05) is 24.2 Å². The largest absolute Gasteiger partial charge is 0.369 e. The maximum Gasteiger partial charge on any atom is 0.254 e. The van der Waals surface area contributed by atoms with E-state index in [0.717, 1.165) is 17.9 Å².